The highest BCUT2D eigenvalue weighted by molar-refractivity contribution is 5.97. The van der Waals surface area contributed by atoms with Crippen LogP contribution < -0.4 is 10.6 Å². The van der Waals surface area contributed by atoms with Gasteiger partial charge in [0, 0.05) is 52.0 Å². The minimum atomic E-state index is -0.553. The molecule has 2 N–H and O–H groups in total. The molecule has 0 radical (unpaired) electrons. The molecule has 1 fully saturated rings. The van der Waals surface area contributed by atoms with Crippen molar-refractivity contribution in [1.29, 1.82) is 5.26 Å². The van der Waals surface area contributed by atoms with Crippen molar-refractivity contribution in [2.24, 2.45) is 0 Å². The van der Waals surface area contributed by atoms with Gasteiger partial charge >= 0.3 is 6.09 Å². The zero-order chi connectivity index (χ0) is 22.0. The molecule has 1 aliphatic rings. The van der Waals surface area contributed by atoms with Crippen LogP contribution in [0.4, 0.5) is 4.79 Å². The van der Waals surface area contributed by atoms with Crippen LogP contribution >= 0.6 is 0 Å². The summed E-state index contributed by atoms with van der Waals surface area (Å²) >= 11 is 0. The minimum Gasteiger partial charge on any atom is -0.444 e. The summed E-state index contributed by atoms with van der Waals surface area (Å²) in [4.78, 5) is 28.2. The van der Waals surface area contributed by atoms with Crippen molar-refractivity contribution in [2.75, 3.05) is 39.3 Å². The zero-order valence-electron chi connectivity index (χ0n) is 18.0. The van der Waals surface area contributed by atoms with E-state index in [0.29, 0.717) is 26.2 Å². The number of nitriles is 1. The lowest BCUT2D eigenvalue weighted by Gasteiger charge is -2.34. The quantitative estimate of drug-likeness (QED) is 0.402. The van der Waals surface area contributed by atoms with Gasteiger partial charge < -0.3 is 20.3 Å². The molecule has 162 valence electrons. The first-order valence-electron chi connectivity index (χ1n) is 10.1. The first-order valence-corrected chi connectivity index (χ1v) is 10.1. The smallest absolute Gasteiger partial charge is 0.407 e. The van der Waals surface area contributed by atoms with Gasteiger partial charge in [0.2, 0.25) is 0 Å². The summed E-state index contributed by atoms with van der Waals surface area (Å²) in [5, 5.41) is 14.9. The van der Waals surface area contributed by atoms with E-state index in [1.165, 1.54) is 11.8 Å². The lowest BCUT2D eigenvalue weighted by Crippen LogP contribution is -2.48. The lowest BCUT2D eigenvalue weighted by molar-refractivity contribution is -0.128. The third-order valence-electron chi connectivity index (χ3n) is 4.44. The Balaban J connectivity index is 1.72. The summed E-state index contributed by atoms with van der Waals surface area (Å²) in [5.74, 6) is -0.274. The van der Waals surface area contributed by atoms with Gasteiger partial charge in [-0.3, -0.25) is 9.69 Å². The SMILES string of the molecule is CC(C)(C)OC(=O)NCCN/C=C(/C#N)C(=O)N1CCN(Cc2ccccc2)CC1. The Morgan fingerprint density at radius 2 is 1.80 bits per heavy atom. The van der Waals surface area contributed by atoms with Crippen molar-refractivity contribution in [1.82, 2.24) is 20.4 Å². The zero-order valence-corrected chi connectivity index (χ0v) is 18.0. The molecule has 1 aromatic rings. The predicted molar refractivity (Wildman–Crippen MR) is 114 cm³/mol. The van der Waals surface area contributed by atoms with Gasteiger partial charge in [0.1, 0.15) is 17.2 Å². The second-order valence-corrected chi connectivity index (χ2v) is 8.11. The molecule has 2 rings (SSSR count). The van der Waals surface area contributed by atoms with E-state index in [1.54, 1.807) is 25.7 Å². The first kappa shape index (κ1) is 23.2. The van der Waals surface area contributed by atoms with E-state index in [4.69, 9.17) is 4.74 Å². The van der Waals surface area contributed by atoms with Gasteiger partial charge in [-0.25, -0.2) is 4.79 Å². The van der Waals surface area contributed by atoms with Crippen molar-refractivity contribution < 1.29 is 14.3 Å². The van der Waals surface area contributed by atoms with Crippen LogP contribution in [0.25, 0.3) is 0 Å². The Morgan fingerprint density at radius 1 is 1.13 bits per heavy atom. The number of nitrogens with zero attached hydrogens (tertiary/aromatic N) is 3. The molecule has 1 aromatic carbocycles. The van der Waals surface area contributed by atoms with Crippen LogP contribution in [0.1, 0.15) is 26.3 Å². The van der Waals surface area contributed by atoms with Crippen LogP contribution in [0.2, 0.25) is 0 Å². The van der Waals surface area contributed by atoms with Crippen molar-refractivity contribution in [3.8, 4) is 6.07 Å². The Kier molecular flexibility index (Phi) is 8.69. The molecule has 30 heavy (non-hydrogen) atoms. The van der Waals surface area contributed by atoms with Gasteiger partial charge in [-0.15, -0.1) is 0 Å². The number of ether oxygens (including phenoxy) is 1. The van der Waals surface area contributed by atoms with Gasteiger partial charge in [0.25, 0.3) is 5.91 Å². The lowest BCUT2D eigenvalue weighted by atomic mass is 10.2. The average Bonchev–Trinajstić information content (AvgIpc) is 2.70. The first-order chi connectivity index (χ1) is 14.3. The highest BCUT2D eigenvalue weighted by atomic mass is 16.6. The van der Waals surface area contributed by atoms with E-state index in [0.717, 1.165) is 19.6 Å². The number of carbonyl (C=O) groups excluding carboxylic acids is 2. The normalized spacial score (nSPS) is 15.3. The van der Waals surface area contributed by atoms with E-state index < -0.39 is 11.7 Å². The fourth-order valence-electron chi connectivity index (χ4n) is 2.99. The Bertz CT molecular complexity index is 772. The summed E-state index contributed by atoms with van der Waals surface area (Å²) in [6.45, 7) is 9.64. The maximum atomic E-state index is 12.6. The Morgan fingerprint density at radius 3 is 2.40 bits per heavy atom. The monoisotopic (exact) mass is 413 g/mol. The van der Waals surface area contributed by atoms with Gasteiger partial charge in [-0.2, -0.15) is 5.26 Å². The second kappa shape index (κ2) is 11.2. The number of hydrogen-bond donors (Lipinski definition) is 2. The van der Waals surface area contributed by atoms with Crippen molar-refractivity contribution in [3.63, 3.8) is 0 Å². The Labute approximate surface area is 178 Å². The average molecular weight is 414 g/mol. The van der Waals surface area contributed by atoms with Crippen LogP contribution in [-0.4, -0.2) is 66.7 Å². The number of amides is 2. The molecule has 0 aliphatic carbocycles. The molecule has 0 saturated carbocycles. The molecular weight excluding hydrogens is 382 g/mol. The van der Waals surface area contributed by atoms with E-state index in [1.807, 2.05) is 24.3 Å². The van der Waals surface area contributed by atoms with Crippen molar-refractivity contribution in [2.45, 2.75) is 32.9 Å². The molecule has 8 heteroatoms. The van der Waals surface area contributed by atoms with Crippen LogP contribution in [-0.2, 0) is 16.1 Å². The van der Waals surface area contributed by atoms with Gasteiger partial charge in [-0.1, -0.05) is 30.3 Å². The summed E-state index contributed by atoms with van der Waals surface area (Å²) in [6, 6.07) is 12.2. The number of rotatable bonds is 7. The molecule has 1 saturated heterocycles. The molecule has 1 heterocycles. The van der Waals surface area contributed by atoms with Crippen LogP contribution in [0.3, 0.4) is 0 Å². The number of nitrogens with one attached hydrogen (secondary N) is 2. The van der Waals surface area contributed by atoms with Crippen LogP contribution in [0.15, 0.2) is 42.1 Å². The summed E-state index contributed by atoms with van der Waals surface area (Å²) in [6.07, 6.45) is 0.911. The topological polar surface area (TPSA) is 97.7 Å². The van der Waals surface area contributed by atoms with Crippen molar-refractivity contribution >= 4 is 12.0 Å². The molecule has 8 nitrogen and oxygen atoms in total. The Hall–Kier alpha value is -3.05. The summed E-state index contributed by atoms with van der Waals surface area (Å²) in [7, 11) is 0. The van der Waals surface area contributed by atoms with Gasteiger partial charge in [-0.05, 0) is 26.3 Å². The fourth-order valence-corrected chi connectivity index (χ4v) is 2.99. The number of hydrogen-bond acceptors (Lipinski definition) is 6. The number of benzene rings is 1. The third kappa shape index (κ3) is 8.13. The third-order valence-corrected chi connectivity index (χ3v) is 4.44. The molecule has 1 aliphatic heterocycles. The van der Waals surface area contributed by atoms with Gasteiger partial charge in [0.05, 0.1) is 0 Å². The summed E-state index contributed by atoms with van der Waals surface area (Å²) in [5.41, 5.74) is 0.756. The number of alkyl carbamates (subject to hydrolysis) is 1. The summed E-state index contributed by atoms with van der Waals surface area (Å²) < 4.78 is 5.14. The van der Waals surface area contributed by atoms with Crippen LogP contribution in [0, 0.1) is 11.3 Å². The largest absolute Gasteiger partial charge is 0.444 e. The molecule has 0 unspecified atom stereocenters. The maximum Gasteiger partial charge on any atom is 0.407 e. The van der Waals surface area contributed by atoms with Crippen molar-refractivity contribution in [3.05, 3.63) is 47.7 Å². The van der Waals surface area contributed by atoms with E-state index in [9.17, 15) is 14.9 Å². The predicted octanol–water partition coefficient (Wildman–Crippen LogP) is 1.85. The molecule has 2 amide bonds. The van der Waals surface area contributed by atoms with Crippen LogP contribution in [0.5, 0.6) is 0 Å². The molecule has 0 aromatic heterocycles. The maximum absolute atomic E-state index is 12.6. The highest BCUT2D eigenvalue weighted by Crippen LogP contribution is 2.10. The number of carbonyl (C=O) groups is 2. The highest BCUT2D eigenvalue weighted by Gasteiger charge is 2.23. The second-order valence-electron chi connectivity index (χ2n) is 8.11. The van der Waals surface area contributed by atoms with E-state index >= 15 is 0 Å². The molecule has 0 spiro atoms. The fraction of sp³-hybridized carbons (Fsp3) is 0.500. The molecular formula is C22H31N5O3. The minimum absolute atomic E-state index is 0.0591. The number of piperazine rings is 1. The van der Waals surface area contributed by atoms with E-state index in [2.05, 4.69) is 27.7 Å². The van der Waals surface area contributed by atoms with Gasteiger partial charge in [0.15, 0.2) is 0 Å². The standard InChI is InChI=1S/C22H31N5O3/c1-22(2,3)30-21(29)25-10-9-24-16-19(15-23)20(28)27-13-11-26(12-14-27)17-18-7-5-4-6-8-18/h4-8,16,24H,9-14,17H2,1-3H3,(H,25,29)/b19-16-. The van der Waals surface area contributed by atoms with E-state index in [-0.39, 0.29) is 11.5 Å². The molecule has 0 atom stereocenters. The molecule has 0 bridgehead atoms.